The molecule has 0 bridgehead atoms. The molecule has 92 valence electrons. The van der Waals surface area contributed by atoms with Crippen LogP contribution in [-0.2, 0) is 6.42 Å². The molecule has 0 saturated heterocycles. The van der Waals surface area contributed by atoms with Crippen LogP contribution in [-0.4, -0.2) is 21.0 Å². The molecule has 0 aliphatic carbocycles. The first-order valence-electron chi connectivity index (χ1n) is 6.39. The molecule has 1 heterocycles. The minimum Gasteiger partial charge on any atom is -0.393 e. The molecule has 1 aromatic heterocycles. The smallest absolute Gasteiger partial charge is 0.0625 e. The Morgan fingerprint density at radius 2 is 2.12 bits per heavy atom. The van der Waals surface area contributed by atoms with E-state index >= 15 is 0 Å². The fourth-order valence-corrected chi connectivity index (χ4v) is 1.74. The highest BCUT2D eigenvalue weighted by Gasteiger charge is 2.07. The number of aryl methyl sites for hydroxylation is 1. The molecule has 3 nitrogen and oxygen atoms in total. The molecule has 1 N–H and O–H groups in total. The van der Waals surface area contributed by atoms with Crippen LogP contribution in [0.25, 0.3) is 0 Å². The lowest BCUT2D eigenvalue weighted by atomic mass is 10.1. The van der Waals surface area contributed by atoms with Gasteiger partial charge in [0, 0.05) is 12.2 Å². The molecule has 0 saturated carbocycles. The van der Waals surface area contributed by atoms with Gasteiger partial charge >= 0.3 is 0 Å². The maximum atomic E-state index is 9.64. The van der Waals surface area contributed by atoms with Crippen LogP contribution in [0.15, 0.2) is 12.3 Å². The SMILES string of the molecule is CCCC(O)CCc1ccn(C(C)CC)n1. The van der Waals surface area contributed by atoms with E-state index in [0.717, 1.165) is 37.8 Å². The number of aromatic nitrogens is 2. The Labute approximate surface area is 98.5 Å². The number of hydrogen-bond donors (Lipinski definition) is 1. The molecule has 1 aromatic rings. The molecule has 0 spiro atoms. The summed E-state index contributed by atoms with van der Waals surface area (Å²) in [6.45, 7) is 6.43. The number of aliphatic hydroxyl groups excluding tert-OH is 1. The van der Waals surface area contributed by atoms with Crippen molar-refractivity contribution >= 4 is 0 Å². The zero-order chi connectivity index (χ0) is 12.0. The third-order valence-electron chi connectivity index (χ3n) is 3.06. The van der Waals surface area contributed by atoms with Crippen LogP contribution in [0, 0.1) is 0 Å². The Balaban J connectivity index is 2.40. The Morgan fingerprint density at radius 3 is 2.75 bits per heavy atom. The average Bonchev–Trinajstić information content (AvgIpc) is 2.74. The zero-order valence-electron chi connectivity index (χ0n) is 10.7. The van der Waals surface area contributed by atoms with Crippen LogP contribution in [0.3, 0.4) is 0 Å². The van der Waals surface area contributed by atoms with Gasteiger partial charge in [0.25, 0.3) is 0 Å². The monoisotopic (exact) mass is 224 g/mol. The van der Waals surface area contributed by atoms with Gasteiger partial charge in [-0.25, -0.2) is 0 Å². The Hall–Kier alpha value is -0.830. The van der Waals surface area contributed by atoms with Gasteiger partial charge in [-0.15, -0.1) is 0 Å². The van der Waals surface area contributed by atoms with Gasteiger partial charge in [-0.3, -0.25) is 4.68 Å². The van der Waals surface area contributed by atoms with Gasteiger partial charge in [-0.2, -0.15) is 5.10 Å². The summed E-state index contributed by atoms with van der Waals surface area (Å²) in [4.78, 5) is 0. The van der Waals surface area contributed by atoms with E-state index in [9.17, 15) is 5.11 Å². The molecular weight excluding hydrogens is 200 g/mol. The predicted molar refractivity (Wildman–Crippen MR) is 66.5 cm³/mol. The zero-order valence-corrected chi connectivity index (χ0v) is 10.7. The van der Waals surface area contributed by atoms with E-state index < -0.39 is 0 Å². The van der Waals surface area contributed by atoms with Crippen LogP contribution in [0.2, 0.25) is 0 Å². The van der Waals surface area contributed by atoms with Crippen molar-refractivity contribution in [2.24, 2.45) is 0 Å². The second-order valence-electron chi connectivity index (χ2n) is 4.53. The van der Waals surface area contributed by atoms with Gasteiger partial charge in [0.15, 0.2) is 0 Å². The van der Waals surface area contributed by atoms with Crippen molar-refractivity contribution in [1.82, 2.24) is 9.78 Å². The molecule has 0 aliphatic rings. The summed E-state index contributed by atoms with van der Waals surface area (Å²) in [5, 5.41) is 14.2. The van der Waals surface area contributed by atoms with Crippen molar-refractivity contribution < 1.29 is 5.11 Å². The summed E-state index contributed by atoms with van der Waals surface area (Å²) in [6.07, 6.45) is 6.61. The van der Waals surface area contributed by atoms with Crippen LogP contribution >= 0.6 is 0 Å². The second kappa shape index (κ2) is 6.69. The van der Waals surface area contributed by atoms with Crippen LogP contribution < -0.4 is 0 Å². The first-order valence-corrected chi connectivity index (χ1v) is 6.39. The predicted octanol–water partition coefficient (Wildman–Crippen LogP) is 2.95. The quantitative estimate of drug-likeness (QED) is 0.773. The highest BCUT2D eigenvalue weighted by Crippen LogP contribution is 2.11. The molecule has 0 aromatic carbocycles. The molecule has 3 heteroatoms. The first-order chi connectivity index (χ1) is 7.67. The summed E-state index contributed by atoms with van der Waals surface area (Å²) in [5.74, 6) is 0. The van der Waals surface area contributed by atoms with Crippen molar-refractivity contribution in [3.63, 3.8) is 0 Å². The van der Waals surface area contributed by atoms with Gasteiger partial charge < -0.3 is 5.11 Å². The minimum absolute atomic E-state index is 0.168. The van der Waals surface area contributed by atoms with E-state index in [2.05, 4.69) is 31.9 Å². The van der Waals surface area contributed by atoms with E-state index in [0.29, 0.717) is 6.04 Å². The largest absolute Gasteiger partial charge is 0.393 e. The summed E-state index contributed by atoms with van der Waals surface area (Å²) < 4.78 is 2.02. The summed E-state index contributed by atoms with van der Waals surface area (Å²) in [6, 6.07) is 2.53. The fraction of sp³-hybridized carbons (Fsp3) is 0.769. The van der Waals surface area contributed by atoms with Crippen LogP contribution in [0.1, 0.15) is 58.2 Å². The van der Waals surface area contributed by atoms with E-state index in [1.165, 1.54) is 0 Å². The first kappa shape index (κ1) is 13.2. The number of hydrogen-bond acceptors (Lipinski definition) is 2. The van der Waals surface area contributed by atoms with Crippen molar-refractivity contribution in [2.75, 3.05) is 0 Å². The van der Waals surface area contributed by atoms with E-state index in [4.69, 9.17) is 0 Å². The maximum absolute atomic E-state index is 9.64. The fourth-order valence-electron chi connectivity index (χ4n) is 1.74. The number of rotatable bonds is 7. The molecule has 2 atom stereocenters. The Kier molecular flexibility index (Phi) is 5.53. The minimum atomic E-state index is -0.168. The summed E-state index contributed by atoms with van der Waals surface area (Å²) >= 11 is 0. The van der Waals surface area contributed by atoms with Crippen molar-refractivity contribution in [3.05, 3.63) is 18.0 Å². The van der Waals surface area contributed by atoms with Crippen LogP contribution in [0.5, 0.6) is 0 Å². The summed E-state index contributed by atoms with van der Waals surface area (Å²) in [7, 11) is 0. The lowest BCUT2D eigenvalue weighted by Gasteiger charge is -2.09. The number of nitrogens with zero attached hydrogens (tertiary/aromatic N) is 2. The normalized spacial score (nSPS) is 15.0. The Morgan fingerprint density at radius 1 is 1.38 bits per heavy atom. The topological polar surface area (TPSA) is 38.0 Å². The lowest BCUT2D eigenvalue weighted by molar-refractivity contribution is 0.153. The standard InChI is InChI=1S/C13H24N2O/c1-4-6-13(16)8-7-12-9-10-15(14-12)11(3)5-2/h9-11,13,16H,4-8H2,1-3H3. The van der Waals surface area contributed by atoms with Crippen molar-refractivity contribution in [3.8, 4) is 0 Å². The van der Waals surface area contributed by atoms with Gasteiger partial charge in [-0.1, -0.05) is 20.3 Å². The number of aliphatic hydroxyl groups is 1. The van der Waals surface area contributed by atoms with Crippen LogP contribution in [0.4, 0.5) is 0 Å². The third-order valence-corrected chi connectivity index (χ3v) is 3.06. The molecule has 16 heavy (non-hydrogen) atoms. The third kappa shape index (κ3) is 3.97. The molecule has 0 amide bonds. The van der Waals surface area contributed by atoms with E-state index in [1.807, 2.05) is 10.9 Å². The van der Waals surface area contributed by atoms with Gasteiger partial charge in [0.1, 0.15) is 0 Å². The molecular formula is C13H24N2O. The maximum Gasteiger partial charge on any atom is 0.0625 e. The van der Waals surface area contributed by atoms with Gasteiger partial charge in [0.2, 0.25) is 0 Å². The van der Waals surface area contributed by atoms with Crippen molar-refractivity contribution in [1.29, 1.82) is 0 Å². The second-order valence-corrected chi connectivity index (χ2v) is 4.53. The average molecular weight is 224 g/mol. The van der Waals surface area contributed by atoms with E-state index in [-0.39, 0.29) is 6.10 Å². The highest BCUT2D eigenvalue weighted by atomic mass is 16.3. The van der Waals surface area contributed by atoms with Crippen molar-refractivity contribution in [2.45, 2.75) is 65.0 Å². The Bertz CT molecular complexity index is 296. The van der Waals surface area contributed by atoms with Gasteiger partial charge in [-0.05, 0) is 38.7 Å². The molecule has 0 radical (unpaired) electrons. The van der Waals surface area contributed by atoms with E-state index in [1.54, 1.807) is 0 Å². The highest BCUT2D eigenvalue weighted by molar-refractivity contribution is 5.00. The molecule has 0 fully saturated rings. The molecule has 2 unspecified atom stereocenters. The van der Waals surface area contributed by atoms with Gasteiger partial charge in [0.05, 0.1) is 11.8 Å². The molecule has 0 aliphatic heterocycles. The lowest BCUT2D eigenvalue weighted by Crippen LogP contribution is -2.08. The molecule has 1 rings (SSSR count). The summed E-state index contributed by atoms with van der Waals surface area (Å²) in [5.41, 5.74) is 1.09.